The molecular weight excluding hydrogens is 240 g/mol. The first-order valence-corrected chi connectivity index (χ1v) is 7.46. The minimum absolute atomic E-state index is 0.00301. The van der Waals surface area contributed by atoms with Crippen LogP contribution in [0.25, 0.3) is 0 Å². The summed E-state index contributed by atoms with van der Waals surface area (Å²) in [5, 5.41) is 2.94. The van der Waals surface area contributed by atoms with Crippen LogP contribution in [-0.2, 0) is 9.59 Å². The summed E-state index contributed by atoms with van der Waals surface area (Å²) in [6.07, 6.45) is 1.72. The van der Waals surface area contributed by atoms with E-state index in [0.29, 0.717) is 37.6 Å². The number of carbonyl (C=O) groups is 2. The lowest BCUT2D eigenvalue weighted by molar-refractivity contribution is -0.139. The molecule has 0 spiro atoms. The normalized spacial score (nSPS) is 21.3. The highest BCUT2D eigenvalue weighted by molar-refractivity contribution is 5.93. The Kier molecular flexibility index (Phi) is 5.39. The Morgan fingerprint density at radius 2 is 1.79 bits per heavy atom. The second kappa shape index (κ2) is 6.40. The summed E-state index contributed by atoms with van der Waals surface area (Å²) in [6.45, 7) is 11.7. The number of rotatable bonds is 5. The fourth-order valence-corrected chi connectivity index (χ4v) is 2.49. The molecular formula is C15H28N2O2. The maximum Gasteiger partial charge on any atom is 0.248 e. The molecule has 1 aliphatic heterocycles. The fourth-order valence-electron chi connectivity index (χ4n) is 2.49. The van der Waals surface area contributed by atoms with Crippen LogP contribution in [0.5, 0.6) is 0 Å². The van der Waals surface area contributed by atoms with Gasteiger partial charge in [-0.3, -0.25) is 9.59 Å². The summed E-state index contributed by atoms with van der Waals surface area (Å²) in [7, 11) is 0. The molecule has 0 aliphatic carbocycles. The van der Waals surface area contributed by atoms with Gasteiger partial charge in [-0.15, -0.1) is 0 Å². The fraction of sp³-hybridized carbons (Fsp3) is 0.867. The molecule has 0 aromatic heterocycles. The molecule has 0 radical (unpaired) electrons. The van der Waals surface area contributed by atoms with Gasteiger partial charge in [0, 0.05) is 19.5 Å². The lowest BCUT2D eigenvalue weighted by Crippen LogP contribution is -2.57. The standard InChI is InChI=1S/C15H28N2O2/c1-6-15(7-2)14(19)17(9-8-13(18)16-15)10-12(5)11(3)4/h11-12H,6-10H2,1-5H3,(H,16,18). The molecule has 4 nitrogen and oxygen atoms in total. The third kappa shape index (κ3) is 3.48. The highest BCUT2D eigenvalue weighted by atomic mass is 16.2. The Hall–Kier alpha value is -1.06. The molecule has 1 rings (SSSR count). The van der Waals surface area contributed by atoms with Crippen molar-refractivity contribution < 1.29 is 9.59 Å². The van der Waals surface area contributed by atoms with Crippen LogP contribution in [0.3, 0.4) is 0 Å². The van der Waals surface area contributed by atoms with E-state index >= 15 is 0 Å². The molecule has 2 amide bonds. The van der Waals surface area contributed by atoms with Gasteiger partial charge in [-0.05, 0) is 24.7 Å². The Morgan fingerprint density at radius 3 is 2.26 bits per heavy atom. The van der Waals surface area contributed by atoms with Crippen molar-refractivity contribution in [1.82, 2.24) is 10.2 Å². The van der Waals surface area contributed by atoms with Gasteiger partial charge in [-0.2, -0.15) is 0 Å². The molecule has 0 aromatic carbocycles. The number of amides is 2. The van der Waals surface area contributed by atoms with Gasteiger partial charge in [-0.1, -0.05) is 34.6 Å². The summed E-state index contributed by atoms with van der Waals surface area (Å²) < 4.78 is 0. The van der Waals surface area contributed by atoms with Gasteiger partial charge in [0.05, 0.1) is 0 Å². The lowest BCUT2D eigenvalue weighted by Gasteiger charge is -2.35. The molecule has 1 unspecified atom stereocenters. The third-order valence-corrected chi connectivity index (χ3v) is 4.54. The van der Waals surface area contributed by atoms with Crippen LogP contribution in [0, 0.1) is 11.8 Å². The van der Waals surface area contributed by atoms with Crippen LogP contribution >= 0.6 is 0 Å². The second-order valence-corrected chi connectivity index (χ2v) is 6.06. The monoisotopic (exact) mass is 268 g/mol. The average molecular weight is 268 g/mol. The molecule has 110 valence electrons. The third-order valence-electron chi connectivity index (χ3n) is 4.54. The van der Waals surface area contributed by atoms with Crippen molar-refractivity contribution in [2.45, 2.75) is 59.4 Å². The predicted octanol–water partition coefficient (Wildman–Crippen LogP) is 2.19. The lowest BCUT2D eigenvalue weighted by atomic mass is 9.90. The summed E-state index contributed by atoms with van der Waals surface area (Å²) in [5.74, 6) is 1.08. The molecule has 0 bridgehead atoms. The summed E-state index contributed by atoms with van der Waals surface area (Å²) in [5.41, 5.74) is -0.690. The smallest absolute Gasteiger partial charge is 0.248 e. The first-order valence-electron chi connectivity index (χ1n) is 7.46. The van der Waals surface area contributed by atoms with Crippen LogP contribution in [0.2, 0.25) is 0 Å². The molecule has 0 saturated carbocycles. The summed E-state index contributed by atoms with van der Waals surface area (Å²) >= 11 is 0. The Morgan fingerprint density at radius 1 is 1.21 bits per heavy atom. The molecule has 1 fully saturated rings. The first kappa shape index (κ1) is 16.0. The highest BCUT2D eigenvalue weighted by Gasteiger charge is 2.41. The Balaban J connectivity index is 2.93. The molecule has 1 aliphatic rings. The van der Waals surface area contributed by atoms with E-state index in [-0.39, 0.29) is 11.8 Å². The molecule has 1 N–H and O–H groups in total. The van der Waals surface area contributed by atoms with Crippen molar-refractivity contribution in [3.63, 3.8) is 0 Å². The van der Waals surface area contributed by atoms with E-state index in [1.165, 1.54) is 0 Å². The van der Waals surface area contributed by atoms with Crippen LogP contribution in [0.1, 0.15) is 53.9 Å². The summed E-state index contributed by atoms with van der Waals surface area (Å²) in [4.78, 5) is 26.5. The molecule has 19 heavy (non-hydrogen) atoms. The van der Waals surface area contributed by atoms with E-state index < -0.39 is 5.54 Å². The predicted molar refractivity (Wildman–Crippen MR) is 76.7 cm³/mol. The van der Waals surface area contributed by atoms with Gasteiger partial charge < -0.3 is 10.2 Å². The van der Waals surface area contributed by atoms with Crippen molar-refractivity contribution in [3.8, 4) is 0 Å². The number of hydrogen-bond donors (Lipinski definition) is 1. The van der Waals surface area contributed by atoms with Gasteiger partial charge in [0.15, 0.2) is 0 Å². The molecule has 1 saturated heterocycles. The average Bonchev–Trinajstić information content (AvgIpc) is 2.50. The van der Waals surface area contributed by atoms with Crippen LogP contribution < -0.4 is 5.32 Å². The van der Waals surface area contributed by atoms with Gasteiger partial charge in [-0.25, -0.2) is 0 Å². The number of carbonyl (C=O) groups excluding carboxylic acids is 2. The van der Waals surface area contributed by atoms with Crippen molar-refractivity contribution in [3.05, 3.63) is 0 Å². The maximum atomic E-state index is 12.7. The van der Waals surface area contributed by atoms with Crippen molar-refractivity contribution >= 4 is 11.8 Å². The van der Waals surface area contributed by atoms with E-state index in [9.17, 15) is 9.59 Å². The molecule has 1 heterocycles. The van der Waals surface area contributed by atoms with Crippen LogP contribution in [0.4, 0.5) is 0 Å². The summed E-state index contributed by atoms with van der Waals surface area (Å²) in [6, 6.07) is 0. The quantitative estimate of drug-likeness (QED) is 0.831. The van der Waals surface area contributed by atoms with Crippen molar-refractivity contribution in [2.24, 2.45) is 11.8 Å². The SMILES string of the molecule is CCC1(CC)NC(=O)CCN(CC(C)C(C)C)C1=O. The van der Waals surface area contributed by atoms with Crippen molar-refractivity contribution in [1.29, 1.82) is 0 Å². The van der Waals surface area contributed by atoms with Gasteiger partial charge in [0.2, 0.25) is 11.8 Å². The first-order chi connectivity index (χ1) is 8.86. The molecule has 4 heteroatoms. The minimum atomic E-state index is -0.690. The van der Waals surface area contributed by atoms with Gasteiger partial charge in [0.25, 0.3) is 0 Å². The largest absolute Gasteiger partial charge is 0.342 e. The zero-order valence-corrected chi connectivity index (χ0v) is 13.0. The topological polar surface area (TPSA) is 49.4 Å². The van der Waals surface area contributed by atoms with E-state index in [1.807, 2.05) is 18.7 Å². The highest BCUT2D eigenvalue weighted by Crippen LogP contribution is 2.23. The Bertz CT molecular complexity index is 335. The number of nitrogens with one attached hydrogen (secondary N) is 1. The van der Waals surface area contributed by atoms with Gasteiger partial charge in [0.1, 0.15) is 5.54 Å². The van der Waals surface area contributed by atoms with Crippen molar-refractivity contribution in [2.75, 3.05) is 13.1 Å². The minimum Gasteiger partial charge on any atom is -0.342 e. The van der Waals surface area contributed by atoms with Gasteiger partial charge >= 0.3 is 0 Å². The molecule has 0 aromatic rings. The van der Waals surface area contributed by atoms with E-state index in [0.717, 1.165) is 6.54 Å². The van der Waals surface area contributed by atoms with Crippen LogP contribution in [-0.4, -0.2) is 35.3 Å². The van der Waals surface area contributed by atoms with E-state index in [1.54, 1.807) is 0 Å². The zero-order chi connectivity index (χ0) is 14.6. The van der Waals surface area contributed by atoms with E-state index in [2.05, 4.69) is 26.1 Å². The molecule has 1 atom stereocenters. The maximum absolute atomic E-state index is 12.7. The van der Waals surface area contributed by atoms with Crippen LogP contribution in [0.15, 0.2) is 0 Å². The number of hydrogen-bond acceptors (Lipinski definition) is 2. The number of nitrogens with zero attached hydrogens (tertiary/aromatic N) is 1. The Labute approximate surface area is 116 Å². The van der Waals surface area contributed by atoms with E-state index in [4.69, 9.17) is 0 Å². The second-order valence-electron chi connectivity index (χ2n) is 6.06. The zero-order valence-electron chi connectivity index (χ0n) is 13.0.